The lowest BCUT2D eigenvalue weighted by molar-refractivity contribution is -0.154. The quantitative estimate of drug-likeness (QED) is 0.757. The molecule has 0 aromatic heterocycles. The number of hydrogen-bond donors (Lipinski definition) is 0. The molecule has 0 aliphatic heterocycles. The normalized spacial score (nSPS) is 12.7. The zero-order chi connectivity index (χ0) is 16.3. The van der Waals surface area contributed by atoms with E-state index in [1.807, 2.05) is 0 Å². The highest BCUT2D eigenvalue weighted by Crippen LogP contribution is 2.22. The molecule has 1 aromatic carbocycles. The molecule has 0 spiro atoms. The van der Waals surface area contributed by atoms with E-state index in [0.29, 0.717) is 0 Å². The van der Waals surface area contributed by atoms with Crippen molar-refractivity contribution in [3.63, 3.8) is 0 Å². The molecule has 0 amide bonds. The Labute approximate surface area is 127 Å². The van der Waals surface area contributed by atoms with Gasteiger partial charge in [-0.3, -0.25) is 4.79 Å². The van der Waals surface area contributed by atoms with Crippen molar-refractivity contribution in [2.45, 2.75) is 51.2 Å². The zero-order valence-corrected chi connectivity index (χ0v) is 14.0. The lowest BCUT2D eigenvalue weighted by Crippen LogP contribution is -2.47. The van der Waals surface area contributed by atoms with Gasteiger partial charge in [0, 0.05) is 13.0 Å². The van der Waals surface area contributed by atoms with E-state index in [9.17, 15) is 13.2 Å². The lowest BCUT2D eigenvalue weighted by atomic mass is 10.1. The van der Waals surface area contributed by atoms with Gasteiger partial charge < -0.3 is 4.74 Å². The van der Waals surface area contributed by atoms with Crippen LogP contribution in [-0.2, 0) is 19.6 Å². The summed E-state index contributed by atoms with van der Waals surface area (Å²) in [5.74, 6) is -0.430. The van der Waals surface area contributed by atoms with Crippen LogP contribution >= 0.6 is 0 Å². The molecule has 0 N–H and O–H groups in total. The van der Waals surface area contributed by atoms with E-state index >= 15 is 0 Å². The molecule has 1 aromatic rings. The highest BCUT2D eigenvalue weighted by Gasteiger charge is 2.34. The van der Waals surface area contributed by atoms with Crippen molar-refractivity contribution in [3.8, 4) is 0 Å². The van der Waals surface area contributed by atoms with Gasteiger partial charge in [0.1, 0.15) is 5.60 Å². The van der Waals surface area contributed by atoms with E-state index in [-0.39, 0.29) is 17.5 Å². The Morgan fingerprint density at radius 3 is 2.19 bits per heavy atom. The summed E-state index contributed by atoms with van der Waals surface area (Å²) in [6.45, 7) is 8.40. The van der Waals surface area contributed by atoms with Crippen LogP contribution in [0.3, 0.4) is 0 Å². The highest BCUT2D eigenvalue weighted by atomic mass is 32.2. The molecule has 5 nitrogen and oxygen atoms in total. The Hall–Kier alpha value is -1.40. The number of carbonyl (C=O) groups is 1. The SMILES string of the molecule is CC(=O)OC(C)(C)CN(C(C)C)S(=O)(=O)c1ccccc1. The molecule has 21 heavy (non-hydrogen) atoms. The van der Waals surface area contributed by atoms with Crippen LogP contribution < -0.4 is 0 Å². The fourth-order valence-corrected chi connectivity index (χ4v) is 3.88. The van der Waals surface area contributed by atoms with Gasteiger partial charge in [0.25, 0.3) is 0 Å². The third-order valence-electron chi connectivity index (χ3n) is 2.88. The van der Waals surface area contributed by atoms with E-state index < -0.39 is 21.6 Å². The molecule has 0 saturated carbocycles. The topological polar surface area (TPSA) is 63.7 Å². The first-order chi connectivity index (χ1) is 9.56. The Bertz CT molecular complexity index is 579. The number of carbonyl (C=O) groups excluding carboxylic acids is 1. The monoisotopic (exact) mass is 313 g/mol. The maximum Gasteiger partial charge on any atom is 0.303 e. The molecule has 0 unspecified atom stereocenters. The average Bonchev–Trinajstić information content (AvgIpc) is 2.35. The van der Waals surface area contributed by atoms with Gasteiger partial charge in [0.2, 0.25) is 10.0 Å². The van der Waals surface area contributed by atoms with E-state index in [1.54, 1.807) is 58.0 Å². The summed E-state index contributed by atoms with van der Waals surface area (Å²) in [7, 11) is -3.63. The third kappa shape index (κ3) is 4.82. The van der Waals surface area contributed by atoms with Crippen LogP contribution in [0.25, 0.3) is 0 Å². The molecule has 0 saturated heterocycles. The Morgan fingerprint density at radius 2 is 1.76 bits per heavy atom. The first kappa shape index (κ1) is 17.7. The summed E-state index contributed by atoms with van der Waals surface area (Å²) in [6, 6.07) is 8.00. The fraction of sp³-hybridized carbons (Fsp3) is 0.533. The first-order valence-electron chi connectivity index (χ1n) is 6.83. The highest BCUT2D eigenvalue weighted by molar-refractivity contribution is 7.89. The van der Waals surface area contributed by atoms with E-state index in [4.69, 9.17) is 4.74 Å². The van der Waals surface area contributed by atoms with Crippen molar-refractivity contribution in [2.75, 3.05) is 6.54 Å². The van der Waals surface area contributed by atoms with Crippen LogP contribution in [0.1, 0.15) is 34.6 Å². The van der Waals surface area contributed by atoms with Gasteiger partial charge in [-0.15, -0.1) is 0 Å². The van der Waals surface area contributed by atoms with Crippen LogP contribution in [0, 0.1) is 0 Å². The number of benzene rings is 1. The minimum absolute atomic E-state index is 0.0987. The molecular formula is C15H23NO4S. The largest absolute Gasteiger partial charge is 0.458 e. The van der Waals surface area contributed by atoms with Crippen molar-refractivity contribution in [2.24, 2.45) is 0 Å². The van der Waals surface area contributed by atoms with Crippen LogP contribution in [0.15, 0.2) is 35.2 Å². The zero-order valence-electron chi connectivity index (χ0n) is 13.2. The molecule has 118 valence electrons. The summed E-state index contributed by atoms with van der Waals surface area (Å²) in [6.07, 6.45) is 0. The molecular weight excluding hydrogens is 290 g/mol. The van der Waals surface area contributed by atoms with Crippen molar-refractivity contribution in [1.29, 1.82) is 0 Å². The van der Waals surface area contributed by atoms with E-state index in [2.05, 4.69) is 0 Å². The van der Waals surface area contributed by atoms with Crippen LogP contribution in [0.2, 0.25) is 0 Å². The van der Waals surface area contributed by atoms with Crippen molar-refractivity contribution < 1.29 is 17.9 Å². The number of hydrogen-bond acceptors (Lipinski definition) is 4. The second kappa shape index (κ2) is 6.58. The number of sulfonamides is 1. The molecule has 0 fully saturated rings. The van der Waals surface area contributed by atoms with Gasteiger partial charge >= 0.3 is 5.97 Å². The molecule has 0 heterocycles. The summed E-state index contributed by atoms with van der Waals surface area (Å²) >= 11 is 0. The second-order valence-electron chi connectivity index (χ2n) is 5.81. The van der Waals surface area contributed by atoms with E-state index in [0.717, 1.165) is 0 Å². The van der Waals surface area contributed by atoms with Crippen molar-refractivity contribution in [1.82, 2.24) is 4.31 Å². The number of ether oxygens (including phenoxy) is 1. The maximum absolute atomic E-state index is 12.7. The molecule has 1 rings (SSSR count). The Kier molecular flexibility index (Phi) is 5.53. The summed E-state index contributed by atoms with van der Waals surface area (Å²) in [5, 5.41) is 0. The smallest absolute Gasteiger partial charge is 0.303 e. The standard InChI is InChI=1S/C15H23NO4S/c1-12(2)16(11-15(4,5)20-13(3)17)21(18,19)14-9-7-6-8-10-14/h6-10,12H,11H2,1-5H3. The predicted molar refractivity (Wildman–Crippen MR) is 81.3 cm³/mol. The van der Waals surface area contributed by atoms with Crippen LogP contribution in [-0.4, -0.2) is 36.9 Å². The summed E-state index contributed by atoms with van der Waals surface area (Å²) in [4.78, 5) is 11.4. The molecule has 0 atom stereocenters. The van der Waals surface area contributed by atoms with Crippen molar-refractivity contribution >= 4 is 16.0 Å². The average molecular weight is 313 g/mol. The van der Waals surface area contributed by atoms with Crippen LogP contribution in [0.4, 0.5) is 0 Å². The predicted octanol–water partition coefficient (Wildman–Crippen LogP) is 2.43. The number of rotatable bonds is 6. The van der Waals surface area contributed by atoms with Crippen LogP contribution in [0.5, 0.6) is 0 Å². The molecule has 0 aliphatic rings. The number of nitrogens with zero attached hydrogens (tertiary/aromatic N) is 1. The third-order valence-corrected chi connectivity index (χ3v) is 4.92. The van der Waals surface area contributed by atoms with Gasteiger partial charge in [-0.05, 0) is 39.8 Å². The fourth-order valence-electron chi connectivity index (χ4n) is 2.07. The summed E-state index contributed by atoms with van der Waals surface area (Å²) < 4.78 is 32.0. The minimum atomic E-state index is -3.63. The van der Waals surface area contributed by atoms with Gasteiger partial charge in [-0.25, -0.2) is 8.42 Å². The molecule has 0 aliphatic carbocycles. The van der Waals surface area contributed by atoms with Gasteiger partial charge in [-0.1, -0.05) is 18.2 Å². The molecule has 0 radical (unpaired) electrons. The Morgan fingerprint density at radius 1 is 1.24 bits per heavy atom. The lowest BCUT2D eigenvalue weighted by Gasteiger charge is -2.33. The maximum atomic E-state index is 12.7. The second-order valence-corrected chi connectivity index (χ2v) is 7.70. The number of esters is 1. The Balaban J connectivity index is 3.11. The van der Waals surface area contributed by atoms with Gasteiger partial charge in [0.05, 0.1) is 11.4 Å². The van der Waals surface area contributed by atoms with E-state index in [1.165, 1.54) is 11.2 Å². The summed E-state index contributed by atoms with van der Waals surface area (Å²) in [5.41, 5.74) is -0.891. The molecule has 6 heteroatoms. The van der Waals surface area contributed by atoms with Gasteiger partial charge in [0.15, 0.2) is 0 Å². The molecule has 0 bridgehead atoms. The van der Waals surface area contributed by atoms with Crippen molar-refractivity contribution in [3.05, 3.63) is 30.3 Å². The minimum Gasteiger partial charge on any atom is -0.458 e. The van der Waals surface area contributed by atoms with Gasteiger partial charge in [-0.2, -0.15) is 4.31 Å². The first-order valence-corrected chi connectivity index (χ1v) is 8.27.